The molecule has 0 saturated carbocycles. The number of nitrogens with zero attached hydrogens (tertiary/aromatic N) is 2. The Labute approximate surface area is 133 Å². The van der Waals surface area contributed by atoms with Crippen LogP contribution in [0.5, 0.6) is 0 Å². The van der Waals surface area contributed by atoms with Gasteiger partial charge in [-0.2, -0.15) is 0 Å². The van der Waals surface area contributed by atoms with Gasteiger partial charge in [0.2, 0.25) is 5.91 Å². The number of fused-ring (bicyclic) bond motifs is 1. The average Bonchev–Trinajstić information content (AvgIpc) is 2.60. The molecule has 0 bridgehead atoms. The van der Waals surface area contributed by atoms with E-state index in [2.05, 4.69) is 23.1 Å². The number of anilines is 1. The summed E-state index contributed by atoms with van der Waals surface area (Å²) in [6, 6.07) is 8.26. The minimum absolute atomic E-state index is 0.0519. The van der Waals surface area contributed by atoms with Crippen LogP contribution in [0.4, 0.5) is 5.69 Å². The Balaban J connectivity index is 1.69. The van der Waals surface area contributed by atoms with E-state index in [4.69, 9.17) is 4.74 Å². The Morgan fingerprint density at radius 2 is 1.95 bits per heavy atom. The summed E-state index contributed by atoms with van der Waals surface area (Å²) in [7, 11) is 1.78. The molecule has 3 rings (SSSR count). The van der Waals surface area contributed by atoms with Crippen LogP contribution in [0.25, 0.3) is 0 Å². The number of likely N-dealkylation sites (tertiary alicyclic amines) is 1. The molecule has 120 valence electrons. The van der Waals surface area contributed by atoms with Crippen molar-refractivity contribution in [3.05, 3.63) is 29.8 Å². The smallest absolute Gasteiger partial charge is 0.244 e. The van der Waals surface area contributed by atoms with Crippen LogP contribution in [0.2, 0.25) is 0 Å². The first kappa shape index (κ1) is 15.5. The summed E-state index contributed by atoms with van der Waals surface area (Å²) in [6.07, 6.45) is 4.53. The number of carbonyl (C=O) groups excluding carboxylic acids is 1. The van der Waals surface area contributed by atoms with Crippen molar-refractivity contribution in [3.8, 4) is 0 Å². The van der Waals surface area contributed by atoms with E-state index in [0.29, 0.717) is 6.10 Å². The first-order valence-electron chi connectivity index (χ1n) is 8.37. The molecule has 0 aromatic heterocycles. The van der Waals surface area contributed by atoms with E-state index >= 15 is 0 Å². The van der Waals surface area contributed by atoms with Gasteiger partial charge in [-0.3, -0.25) is 9.69 Å². The van der Waals surface area contributed by atoms with Gasteiger partial charge in [0.25, 0.3) is 0 Å². The number of ether oxygens (including phenoxy) is 1. The molecular weight excluding hydrogens is 276 g/mol. The second kappa shape index (κ2) is 6.80. The summed E-state index contributed by atoms with van der Waals surface area (Å²) in [5, 5.41) is 0. The molecule has 1 saturated heterocycles. The molecule has 1 amide bonds. The quantitative estimate of drug-likeness (QED) is 0.860. The number of benzene rings is 1. The van der Waals surface area contributed by atoms with Crippen molar-refractivity contribution in [2.24, 2.45) is 0 Å². The first-order valence-corrected chi connectivity index (χ1v) is 8.37. The van der Waals surface area contributed by atoms with Crippen LogP contribution in [-0.2, 0) is 16.0 Å². The van der Waals surface area contributed by atoms with Gasteiger partial charge in [-0.15, -0.1) is 0 Å². The van der Waals surface area contributed by atoms with Crippen molar-refractivity contribution >= 4 is 11.6 Å². The number of carbonyl (C=O) groups is 1. The third kappa shape index (κ3) is 3.03. The highest BCUT2D eigenvalue weighted by atomic mass is 16.5. The number of hydrogen-bond donors (Lipinski definition) is 0. The molecule has 0 aliphatic carbocycles. The van der Waals surface area contributed by atoms with Crippen LogP contribution in [0.3, 0.4) is 0 Å². The summed E-state index contributed by atoms with van der Waals surface area (Å²) >= 11 is 0. The molecule has 2 aliphatic rings. The van der Waals surface area contributed by atoms with Crippen molar-refractivity contribution < 1.29 is 9.53 Å². The zero-order valence-corrected chi connectivity index (χ0v) is 13.6. The number of methoxy groups -OCH3 is 1. The van der Waals surface area contributed by atoms with Crippen LogP contribution >= 0.6 is 0 Å². The lowest BCUT2D eigenvalue weighted by molar-refractivity contribution is -0.124. The van der Waals surface area contributed by atoms with Gasteiger partial charge in [0.05, 0.1) is 12.1 Å². The predicted molar refractivity (Wildman–Crippen MR) is 88.2 cm³/mol. The van der Waals surface area contributed by atoms with E-state index in [9.17, 15) is 4.79 Å². The molecule has 1 atom stereocenters. The second-order valence-corrected chi connectivity index (χ2v) is 6.37. The fourth-order valence-electron chi connectivity index (χ4n) is 3.64. The van der Waals surface area contributed by atoms with E-state index in [1.165, 1.54) is 5.56 Å². The molecule has 2 heterocycles. The van der Waals surface area contributed by atoms with Crippen molar-refractivity contribution in [2.75, 3.05) is 31.6 Å². The maximum absolute atomic E-state index is 13.0. The van der Waals surface area contributed by atoms with Crippen LogP contribution in [0.1, 0.15) is 31.7 Å². The topological polar surface area (TPSA) is 32.8 Å². The van der Waals surface area contributed by atoms with Gasteiger partial charge in [-0.05, 0) is 44.2 Å². The van der Waals surface area contributed by atoms with Gasteiger partial charge in [-0.1, -0.05) is 18.2 Å². The molecule has 4 heteroatoms. The SMILES string of the molecule is COC1CCN(C(C)C(=O)N2CCCc3ccccc32)CC1. The van der Waals surface area contributed by atoms with Gasteiger partial charge in [-0.25, -0.2) is 0 Å². The molecular formula is C18H26N2O2. The van der Waals surface area contributed by atoms with E-state index in [-0.39, 0.29) is 11.9 Å². The first-order chi connectivity index (χ1) is 10.7. The molecule has 22 heavy (non-hydrogen) atoms. The largest absolute Gasteiger partial charge is 0.381 e. The number of rotatable bonds is 3. The Bertz CT molecular complexity index is 524. The number of aryl methyl sites for hydroxylation is 1. The molecule has 1 aromatic carbocycles. The van der Waals surface area contributed by atoms with Crippen LogP contribution in [0.15, 0.2) is 24.3 Å². The van der Waals surface area contributed by atoms with Gasteiger partial charge in [0, 0.05) is 32.4 Å². The third-order valence-electron chi connectivity index (χ3n) is 5.09. The molecule has 0 N–H and O–H groups in total. The number of amides is 1. The maximum Gasteiger partial charge on any atom is 0.244 e. The Morgan fingerprint density at radius 1 is 1.23 bits per heavy atom. The fourth-order valence-corrected chi connectivity index (χ4v) is 3.64. The predicted octanol–water partition coefficient (Wildman–Crippen LogP) is 2.47. The Hall–Kier alpha value is -1.39. The molecule has 1 unspecified atom stereocenters. The molecule has 1 fully saturated rings. The molecule has 0 radical (unpaired) electrons. The normalized spacial score (nSPS) is 21.5. The van der Waals surface area contributed by atoms with E-state index in [1.807, 2.05) is 17.9 Å². The highest BCUT2D eigenvalue weighted by Crippen LogP contribution is 2.28. The lowest BCUT2D eigenvalue weighted by Crippen LogP contribution is -2.51. The summed E-state index contributed by atoms with van der Waals surface area (Å²) in [4.78, 5) is 17.3. The monoisotopic (exact) mass is 302 g/mol. The van der Waals surface area contributed by atoms with Crippen molar-refractivity contribution in [2.45, 2.75) is 44.8 Å². The minimum Gasteiger partial charge on any atom is -0.381 e. The Kier molecular flexibility index (Phi) is 4.79. The van der Waals surface area contributed by atoms with E-state index in [1.54, 1.807) is 7.11 Å². The summed E-state index contributed by atoms with van der Waals surface area (Å²) in [5.74, 6) is 0.239. The van der Waals surface area contributed by atoms with Gasteiger partial charge in [0.15, 0.2) is 0 Å². The summed E-state index contributed by atoms with van der Waals surface area (Å²) in [5.41, 5.74) is 2.41. The van der Waals surface area contributed by atoms with Gasteiger partial charge >= 0.3 is 0 Å². The molecule has 2 aliphatic heterocycles. The Morgan fingerprint density at radius 3 is 2.68 bits per heavy atom. The summed E-state index contributed by atoms with van der Waals surface area (Å²) in [6.45, 7) is 4.78. The highest BCUT2D eigenvalue weighted by molar-refractivity contribution is 5.98. The third-order valence-corrected chi connectivity index (χ3v) is 5.09. The van der Waals surface area contributed by atoms with E-state index < -0.39 is 0 Å². The summed E-state index contributed by atoms with van der Waals surface area (Å²) < 4.78 is 5.42. The zero-order chi connectivity index (χ0) is 15.5. The average molecular weight is 302 g/mol. The molecule has 0 spiro atoms. The molecule has 1 aromatic rings. The number of piperidine rings is 1. The van der Waals surface area contributed by atoms with Crippen LogP contribution in [-0.4, -0.2) is 49.7 Å². The standard InChI is InChI=1S/C18H26N2O2/c1-14(19-12-9-16(22-2)10-13-19)18(21)20-11-5-7-15-6-3-4-8-17(15)20/h3-4,6,8,14,16H,5,7,9-13H2,1-2H3. The van der Waals surface area contributed by atoms with Crippen LogP contribution < -0.4 is 4.90 Å². The highest BCUT2D eigenvalue weighted by Gasteiger charge is 2.31. The van der Waals surface area contributed by atoms with E-state index in [0.717, 1.165) is 51.0 Å². The lowest BCUT2D eigenvalue weighted by atomic mass is 10.00. The van der Waals surface area contributed by atoms with Crippen molar-refractivity contribution in [1.29, 1.82) is 0 Å². The van der Waals surface area contributed by atoms with Crippen molar-refractivity contribution in [3.63, 3.8) is 0 Å². The second-order valence-electron chi connectivity index (χ2n) is 6.37. The minimum atomic E-state index is -0.0519. The maximum atomic E-state index is 13.0. The number of hydrogen-bond acceptors (Lipinski definition) is 3. The van der Waals surface area contributed by atoms with Crippen LogP contribution in [0, 0.1) is 0 Å². The zero-order valence-electron chi connectivity index (χ0n) is 13.6. The van der Waals surface area contributed by atoms with Crippen molar-refractivity contribution in [1.82, 2.24) is 4.90 Å². The molecule has 4 nitrogen and oxygen atoms in total. The lowest BCUT2D eigenvalue weighted by Gasteiger charge is -2.38. The number of para-hydroxylation sites is 1. The van der Waals surface area contributed by atoms with Gasteiger partial charge in [0.1, 0.15) is 0 Å². The van der Waals surface area contributed by atoms with Gasteiger partial charge < -0.3 is 9.64 Å². The fraction of sp³-hybridized carbons (Fsp3) is 0.611.